The lowest BCUT2D eigenvalue weighted by Gasteiger charge is -2.31. The minimum atomic E-state index is 0.0459. The molecule has 1 aliphatic heterocycles. The van der Waals surface area contributed by atoms with Gasteiger partial charge in [-0.05, 0) is 22.9 Å². The van der Waals surface area contributed by atoms with E-state index in [4.69, 9.17) is 5.21 Å². The maximum atomic E-state index is 12.6. The van der Waals surface area contributed by atoms with E-state index in [2.05, 4.69) is 5.16 Å². The molecule has 21 heavy (non-hydrogen) atoms. The summed E-state index contributed by atoms with van der Waals surface area (Å²) in [7, 11) is 0. The summed E-state index contributed by atoms with van der Waals surface area (Å²) >= 11 is 0. The normalized spacial score (nSPS) is 20.9. The number of nitrogens with zero attached hydrogens (tertiary/aromatic N) is 2. The molecule has 3 rings (SSSR count). The van der Waals surface area contributed by atoms with Crippen molar-refractivity contribution < 1.29 is 10.0 Å². The largest absolute Gasteiger partial charge is 0.411 e. The highest BCUT2D eigenvalue weighted by molar-refractivity contribution is 5.99. The number of carbonyl (C=O) groups is 1. The van der Waals surface area contributed by atoms with Gasteiger partial charge in [0.05, 0.1) is 5.71 Å². The number of fused-ring (bicyclic) bond motifs is 1. The van der Waals surface area contributed by atoms with Crippen molar-refractivity contribution in [3.63, 3.8) is 0 Å². The summed E-state index contributed by atoms with van der Waals surface area (Å²) in [5.41, 5.74) is 1.49. The summed E-state index contributed by atoms with van der Waals surface area (Å²) < 4.78 is 0. The van der Waals surface area contributed by atoms with Crippen molar-refractivity contribution in [2.24, 2.45) is 11.1 Å². The van der Waals surface area contributed by atoms with Crippen LogP contribution in [0.25, 0.3) is 10.8 Å². The second kappa shape index (κ2) is 5.56. The first kappa shape index (κ1) is 13.6. The molecule has 1 N–H and O–H groups in total. The van der Waals surface area contributed by atoms with Crippen LogP contribution in [-0.2, 0) is 0 Å². The average molecular weight is 282 g/mol. The summed E-state index contributed by atoms with van der Waals surface area (Å²) in [5.74, 6) is 0.151. The van der Waals surface area contributed by atoms with Crippen molar-refractivity contribution in [1.29, 1.82) is 0 Å². The van der Waals surface area contributed by atoms with Crippen LogP contribution >= 0.6 is 0 Å². The van der Waals surface area contributed by atoms with E-state index in [0.717, 1.165) is 16.5 Å². The van der Waals surface area contributed by atoms with E-state index in [0.29, 0.717) is 25.1 Å². The Morgan fingerprint density at radius 1 is 1.24 bits per heavy atom. The van der Waals surface area contributed by atoms with Crippen LogP contribution < -0.4 is 0 Å². The molecule has 1 amide bonds. The van der Waals surface area contributed by atoms with Gasteiger partial charge in [0, 0.05) is 31.0 Å². The summed E-state index contributed by atoms with van der Waals surface area (Å²) in [4.78, 5) is 14.4. The molecule has 0 bridgehead atoms. The van der Waals surface area contributed by atoms with Gasteiger partial charge >= 0.3 is 0 Å². The number of oxime groups is 1. The smallest absolute Gasteiger partial charge is 0.253 e. The lowest BCUT2D eigenvalue weighted by Crippen LogP contribution is -2.43. The SMILES string of the molecule is CC1CN(C(=O)c2ccc3ccccc3c2)CC/C1=N\O. The molecule has 1 heterocycles. The number of piperidine rings is 1. The van der Waals surface area contributed by atoms with Crippen molar-refractivity contribution in [2.45, 2.75) is 13.3 Å². The predicted molar refractivity (Wildman–Crippen MR) is 82.9 cm³/mol. The van der Waals surface area contributed by atoms with E-state index in [9.17, 15) is 4.79 Å². The zero-order chi connectivity index (χ0) is 14.8. The Bertz CT molecular complexity index is 709. The molecule has 1 saturated heterocycles. The third-order valence-electron chi connectivity index (χ3n) is 4.11. The van der Waals surface area contributed by atoms with Gasteiger partial charge in [-0.25, -0.2) is 0 Å². The van der Waals surface area contributed by atoms with Gasteiger partial charge in [-0.15, -0.1) is 0 Å². The highest BCUT2D eigenvalue weighted by Crippen LogP contribution is 2.20. The van der Waals surface area contributed by atoms with Crippen LogP contribution in [0.4, 0.5) is 0 Å². The Labute approximate surface area is 123 Å². The highest BCUT2D eigenvalue weighted by Gasteiger charge is 2.26. The molecule has 2 aromatic rings. The molecule has 1 aliphatic rings. The van der Waals surface area contributed by atoms with Crippen LogP contribution in [0.5, 0.6) is 0 Å². The van der Waals surface area contributed by atoms with Crippen LogP contribution in [0.2, 0.25) is 0 Å². The summed E-state index contributed by atoms with van der Waals surface area (Å²) in [6, 6.07) is 13.8. The van der Waals surface area contributed by atoms with Gasteiger partial charge in [0.2, 0.25) is 0 Å². The van der Waals surface area contributed by atoms with Crippen LogP contribution in [0, 0.1) is 5.92 Å². The molecule has 4 nitrogen and oxygen atoms in total. The Morgan fingerprint density at radius 3 is 2.71 bits per heavy atom. The van der Waals surface area contributed by atoms with Gasteiger partial charge in [0.25, 0.3) is 5.91 Å². The topological polar surface area (TPSA) is 52.9 Å². The van der Waals surface area contributed by atoms with Gasteiger partial charge in [0.1, 0.15) is 0 Å². The fourth-order valence-electron chi connectivity index (χ4n) is 2.86. The minimum Gasteiger partial charge on any atom is -0.411 e. The number of amides is 1. The Kier molecular flexibility index (Phi) is 3.60. The van der Waals surface area contributed by atoms with E-state index in [1.165, 1.54) is 0 Å². The molecule has 0 aliphatic carbocycles. The van der Waals surface area contributed by atoms with Crippen LogP contribution in [0.3, 0.4) is 0 Å². The number of carbonyl (C=O) groups excluding carboxylic acids is 1. The van der Waals surface area contributed by atoms with E-state index >= 15 is 0 Å². The van der Waals surface area contributed by atoms with Gasteiger partial charge in [-0.1, -0.05) is 42.4 Å². The fraction of sp³-hybridized carbons (Fsp3) is 0.294. The zero-order valence-corrected chi connectivity index (χ0v) is 12.0. The lowest BCUT2D eigenvalue weighted by molar-refractivity contribution is 0.0734. The molecule has 0 spiro atoms. The van der Waals surface area contributed by atoms with E-state index < -0.39 is 0 Å². The molecule has 0 saturated carbocycles. The molecule has 1 atom stereocenters. The molecular weight excluding hydrogens is 264 g/mol. The molecule has 108 valence electrons. The third-order valence-corrected chi connectivity index (χ3v) is 4.11. The minimum absolute atomic E-state index is 0.0459. The molecule has 0 aromatic heterocycles. The molecule has 0 radical (unpaired) electrons. The maximum absolute atomic E-state index is 12.6. The average Bonchev–Trinajstić information content (AvgIpc) is 2.53. The third kappa shape index (κ3) is 2.61. The molecule has 2 aromatic carbocycles. The standard InChI is InChI=1S/C17H18N2O2/c1-12-11-19(9-8-16(12)18-21)17(20)15-7-6-13-4-2-3-5-14(13)10-15/h2-7,10,12,21H,8-9,11H2,1H3/b18-16+. The Hall–Kier alpha value is -2.36. The van der Waals surface area contributed by atoms with E-state index in [1.807, 2.05) is 54.3 Å². The fourth-order valence-corrected chi connectivity index (χ4v) is 2.86. The Balaban J connectivity index is 1.84. The first-order valence-electron chi connectivity index (χ1n) is 7.18. The van der Waals surface area contributed by atoms with Gasteiger partial charge < -0.3 is 10.1 Å². The number of likely N-dealkylation sites (tertiary alicyclic amines) is 1. The van der Waals surface area contributed by atoms with Gasteiger partial charge in [-0.2, -0.15) is 0 Å². The molecule has 4 heteroatoms. The van der Waals surface area contributed by atoms with Crippen molar-refractivity contribution in [2.75, 3.05) is 13.1 Å². The summed E-state index contributed by atoms with van der Waals surface area (Å²) in [6.07, 6.45) is 0.636. The first-order chi connectivity index (χ1) is 10.2. The second-order valence-corrected chi connectivity index (χ2v) is 5.56. The van der Waals surface area contributed by atoms with E-state index in [1.54, 1.807) is 0 Å². The second-order valence-electron chi connectivity index (χ2n) is 5.56. The Morgan fingerprint density at radius 2 is 2.00 bits per heavy atom. The van der Waals surface area contributed by atoms with Gasteiger partial charge in [-0.3, -0.25) is 4.79 Å². The summed E-state index contributed by atoms with van der Waals surface area (Å²) in [6.45, 7) is 3.19. The monoisotopic (exact) mass is 282 g/mol. The van der Waals surface area contributed by atoms with Crippen LogP contribution in [0.1, 0.15) is 23.7 Å². The quantitative estimate of drug-likeness (QED) is 0.645. The van der Waals surface area contributed by atoms with Crippen LogP contribution in [0.15, 0.2) is 47.6 Å². The first-order valence-corrected chi connectivity index (χ1v) is 7.18. The number of benzene rings is 2. The van der Waals surface area contributed by atoms with Crippen LogP contribution in [-0.4, -0.2) is 34.8 Å². The highest BCUT2D eigenvalue weighted by atomic mass is 16.4. The zero-order valence-electron chi connectivity index (χ0n) is 12.0. The van der Waals surface area contributed by atoms with Crippen molar-refractivity contribution in [1.82, 2.24) is 4.90 Å². The summed E-state index contributed by atoms with van der Waals surface area (Å²) in [5, 5.41) is 14.4. The molecule has 1 unspecified atom stereocenters. The number of hydrogen-bond donors (Lipinski definition) is 1. The molecule has 1 fully saturated rings. The van der Waals surface area contributed by atoms with Crippen molar-refractivity contribution >= 4 is 22.4 Å². The van der Waals surface area contributed by atoms with E-state index in [-0.39, 0.29) is 11.8 Å². The number of rotatable bonds is 1. The lowest BCUT2D eigenvalue weighted by atomic mass is 9.96. The van der Waals surface area contributed by atoms with Gasteiger partial charge in [0.15, 0.2) is 0 Å². The predicted octanol–water partition coefficient (Wildman–Crippen LogP) is 3.15. The molecular formula is C17H18N2O2. The van der Waals surface area contributed by atoms with Crippen molar-refractivity contribution in [3.8, 4) is 0 Å². The maximum Gasteiger partial charge on any atom is 0.253 e. The van der Waals surface area contributed by atoms with Crippen molar-refractivity contribution in [3.05, 3.63) is 48.0 Å². The number of hydrogen-bond acceptors (Lipinski definition) is 3.